The first-order valence-electron chi connectivity index (χ1n) is 5.56. The molecule has 0 unspecified atom stereocenters. The zero-order valence-electron chi connectivity index (χ0n) is 9.53. The molecule has 0 atom stereocenters. The lowest BCUT2D eigenvalue weighted by Gasteiger charge is -2.05. The van der Waals surface area contributed by atoms with Crippen LogP contribution in [-0.2, 0) is 0 Å². The van der Waals surface area contributed by atoms with Crippen molar-refractivity contribution in [2.45, 2.75) is 13.3 Å². The van der Waals surface area contributed by atoms with E-state index < -0.39 is 0 Å². The number of rotatable bonds is 3. The van der Waals surface area contributed by atoms with Crippen LogP contribution in [0, 0.1) is 0 Å². The lowest BCUT2D eigenvalue weighted by atomic mass is 10.2. The minimum atomic E-state index is -0.159. The maximum atomic E-state index is 11.7. The van der Waals surface area contributed by atoms with Crippen LogP contribution in [0.25, 0.3) is 10.9 Å². The number of amides is 1. The van der Waals surface area contributed by atoms with Gasteiger partial charge in [0.2, 0.25) is 0 Å². The van der Waals surface area contributed by atoms with E-state index in [0.717, 1.165) is 11.8 Å². The molecule has 2 rings (SSSR count). The van der Waals surface area contributed by atoms with Crippen LogP contribution in [0.5, 0.6) is 0 Å². The SMILES string of the molecule is CCCNC(=O)c1ccc2cccc(Cl)c2n1. The Morgan fingerprint density at radius 2 is 2.18 bits per heavy atom. The van der Waals surface area contributed by atoms with Gasteiger partial charge in [0.1, 0.15) is 5.69 Å². The normalized spacial score (nSPS) is 10.5. The lowest BCUT2D eigenvalue weighted by molar-refractivity contribution is 0.0949. The first kappa shape index (κ1) is 11.9. The zero-order chi connectivity index (χ0) is 12.3. The van der Waals surface area contributed by atoms with E-state index in [1.54, 1.807) is 12.1 Å². The van der Waals surface area contributed by atoms with Gasteiger partial charge in [0, 0.05) is 11.9 Å². The maximum absolute atomic E-state index is 11.7. The van der Waals surface area contributed by atoms with E-state index in [2.05, 4.69) is 10.3 Å². The molecular formula is C13H13ClN2O. The Morgan fingerprint density at radius 3 is 2.94 bits per heavy atom. The Labute approximate surface area is 105 Å². The monoisotopic (exact) mass is 248 g/mol. The van der Waals surface area contributed by atoms with Gasteiger partial charge in [-0.3, -0.25) is 4.79 Å². The highest BCUT2D eigenvalue weighted by molar-refractivity contribution is 6.35. The van der Waals surface area contributed by atoms with Crippen molar-refractivity contribution in [2.75, 3.05) is 6.54 Å². The minimum absolute atomic E-state index is 0.159. The number of aromatic nitrogens is 1. The standard InChI is InChI=1S/C13H13ClN2O/c1-2-8-15-13(17)11-7-6-9-4-3-5-10(14)12(9)16-11/h3-7H,2,8H2,1H3,(H,15,17). The molecule has 0 radical (unpaired) electrons. The van der Waals surface area contributed by atoms with Crippen LogP contribution in [-0.4, -0.2) is 17.4 Å². The van der Waals surface area contributed by atoms with Gasteiger partial charge < -0.3 is 5.32 Å². The van der Waals surface area contributed by atoms with Crippen LogP contribution in [0.3, 0.4) is 0 Å². The number of carbonyl (C=O) groups excluding carboxylic acids is 1. The second-order valence-electron chi connectivity index (χ2n) is 3.76. The summed E-state index contributed by atoms with van der Waals surface area (Å²) in [4.78, 5) is 16.0. The zero-order valence-corrected chi connectivity index (χ0v) is 10.3. The molecule has 0 aliphatic rings. The number of fused-ring (bicyclic) bond motifs is 1. The number of para-hydroxylation sites is 1. The molecule has 0 saturated heterocycles. The van der Waals surface area contributed by atoms with E-state index in [9.17, 15) is 4.79 Å². The third-order valence-corrected chi connectivity index (χ3v) is 2.74. The third-order valence-electron chi connectivity index (χ3n) is 2.44. The van der Waals surface area contributed by atoms with Crippen molar-refractivity contribution in [1.82, 2.24) is 10.3 Å². The predicted molar refractivity (Wildman–Crippen MR) is 69.4 cm³/mol. The van der Waals surface area contributed by atoms with Crippen LogP contribution in [0.2, 0.25) is 5.02 Å². The van der Waals surface area contributed by atoms with E-state index >= 15 is 0 Å². The Hall–Kier alpha value is -1.61. The average molecular weight is 249 g/mol. The topological polar surface area (TPSA) is 42.0 Å². The molecule has 1 aromatic heterocycles. The molecule has 1 heterocycles. The van der Waals surface area contributed by atoms with Crippen LogP contribution >= 0.6 is 11.6 Å². The smallest absolute Gasteiger partial charge is 0.269 e. The van der Waals surface area contributed by atoms with Gasteiger partial charge in [-0.1, -0.05) is 36.7 Å². The Balaban J connectivity index is 2.37. The fourth-order valence-electron chi connectivity index (χ4n) is 1.57. The average Bonchev–Trinajstić information content (AvgIpc) is 2.36. The molecule has 0 bridgehead atoms. The number of nitrogens with zero attached hydrogens (tertiary/aromatic N) is 1. The van der Waals surface area contributed by atoms with Gasteiger partial charge in [0.15, 0.2) is 0 Å². The fourth-order valence-corrected chi connectivity index (χ4v) is 1.79. The first-order valence-corrected chi connectivity index (χ1v) is 5.93. The van der Waals surface area contributed by atoms with Crippen molar-refractivity contribution in [1.29, 1.82) is 0 Å². The molecule has 1 amide bonds. The fraction of sp³-hybridized carbons (Fsp3) is 0.231. The molecular weight excluding hydrogens is 236 g/mol. The summed E-state index contributed by atoms with van der Waals surface area (Å²) in [5.41, 5.74) is 1.07. The summed E-state index contributed by atoms with van der Waals surface area (Å²) < 4.78 is 0. The Morgan fingerprint density at radius 1 is 1.35 bits per heavy atom. The molecule has 88 valence electrons. The summed E-state index contributed by atoms with van der Waals surface area (Å²) in [6.45, 7) is 2.66. The highest BCUT2D eigenvalue weighted by atomic mass is 35.5. The summed E-state index contributed by atoms with van der Waals surface area (Å²) in [5, 5.41) is 4.29. The van der Waals surface area contributed by atoms with Gasteiger partial charge in [-0.25, -0.2) is 4.98 Å². The van der Waals surface area contributed by atoms with E-state index in [0.29, 0.717) is 22.8 Å². The number of pyridine rings is 1. The predicted octanol–water partition coefficient (Wildman–Crippen LogP) is 3.03. The summed E-state index contributed by atoms with van der Waals surface area (Å²) in [6, 6.07) is 9.12. The van der Waals surface area contributed by atoms with E-state index in [4.69, 9.17) is 11.6 Å². The molecule has 0 aliphatic heterocycles. The molecule has 17 heavy (non-hydrogen) atoms. The number of hydrogen-bond acceptors (Lipinski definition) is 2. The number of benzene rings is 1. The molecule has 1 N–H and O–H groups in total. The van der Waals surface area contributed by atoms with Crippen LogP contribution in [0.4, 0.5) is 0 Å². The van der Waals surface area contributed by atoms with Gasteiger partial charge in [0.25, 0.3) is 5.91 Å². The van der Waals surface area contributed by atoms with Gasteiger partial charge in [-0.05, 0) is 18.6 Å². The Kier molecular flexibility index (Phi) is 3.59. The number of nitrogens with one attached hydrogen (secondary N) is 1. The van der Waals surface area contributed by atoms with Crippen molar-refractivity contribution < 1.29 is 4.79 Å². The van der Waals surface area contributed by atoms with Gasteiger partial charge >= 0.3 is 0 Å². The minimum Gasteiger partial charge on any atom is -0.351 e. The number of carbonyl (C=O) groups is 1. The van der Waals surface area contributed by atoms with E-state index in [1.165, 1.54) is 0 Å². The van der Waals surface area contributed by atoms with Crippen molar-refractivity contribution in [2.24, 2.45) is 0 Å². The van der Waals surface area contributed by atoms with Crippen molar-refractivity contribution in [3.05, 3.63) is 41.0 Å². The second kappa shape index (κ2) is 5.15. The van der Waals surface area contributed by atoms with E-state index in [1.807, 2.05) is 25.1 Å². The van der Waals surface area contributed by atoms with Crippen molar-refractivity contribution >= 4 is 28.4 Å². The van der Waals surface area contributed by atoms with Crippen molar-refractivity contribution in [3.63, 3.8) is 0 Å². The van der Waals surface area contributed by atoms with Gasteiger partial charge in [0.05, 0.1) is 10.5 Å². The number of hydrogen-bond donors (Lipinski definition) is 1. The third kappa shape index (κ3) is 2.56. The summed E-state index contributed by atoms with van der Waals surface area (Å²) in [7, 11) is 0. The molecule has 0 aliphatic carbocycles. The molecule has 0 fully saturated rings. The maximum Gasteiger partial charge on any atom is 0.269 e. The van der Waals surface area contributed by atoms with Crippen LogP contribution < -0.4 is 5.32 Å². The summed E-state index contributed by atoms with van der Waals surface area (Å²) in [6.07, 6.45) is 0.903. The molecule has 1 aromatic carbocycles. The molecule has 0 spiro atoms. The molecule has 2 aromatic rings. The Bertz CT molecular complexity index is 554. The molecule has 0 saturated carbocycles. The molecule has 3 nitrogen and oxygen atoms in total. The van der Waals surface area contributed by atoms with Gasteiger partial charge in [-0.2, -0.15) is 0 Å². The highest BCUT2D eigenvalue weighted by Gasteiger charge is 2.08. The van der Waals surface area contributed by atoms with Crippen LogP contribution in [0.1, 0.15) is 23.8 Å². The lowest BCUT2D eigenvalue weighted by Crippen LogP contribution is -2.24. The highest BCUT2D eigenvalue weighted by Crippen LogP contribution is 2.21. The van der Waals surface area contributed by atoms with Crippen LogP contribution in [0.15, 0.2) is 30.3 Å². The van der Waals surface area contributed by atoms with E-state index in [-0.39, 0.29) is 5.91 Å². The summed E-state index contributed by atoms with van der Waals surface area (Å²) >= 11 is 6.04. The molecule has 4 heteroatoms. The second-order valence-corrected chi connectivity index (χ2v) is 4.17. The van der Waals surface area contributed by atoms with Crippen molar-refractivity contribution in [3.8, 4) is 0 Å². The first-order chi connectivity index (χ1) is 8.22. The summed E-state index contributed by atoms with van der Waals surface area (Å²) in [5.74, 6) is -0.159. The van der Waals surface area contributed by atoms with Gasteiger partial charge in [-0.15, -0.1) is 0 Å². The quantitative estimate of drug-likeness (QED) is 0.907. The number of halogens is 1. The largest absolute Gasteiger partial charge is 0.351 e.